The number of anilines is 1. The fraction of sp³-hybridized carbons (Fsp3) is 0.667. The Balaban J connectivity index is 0.777. The number of unbranched alkanes of at least 4 members (excludes halogenated alkanes) is 15. The summed E-state index contributed by atoms with van der Waals surface area (Å²) < 4.78 is 10.1. The number of nitrogens with zero attached hydrogens (tertiary/aromatic N) is 9. The van der Waals surface area contributed by atoms with Crippen LogP contribution in [0.25, 0.3) is 10.8 Å². The molecule has 3 aliphatic heterocycles. The third-order valence-electron chi connectivity index (χ3n) is 18.2. The molecule has 0 bridgehead atoms. The van der Waals surface area contributed by atoms with Gasteiger partial charge in [0.05, 0.1) is 42.4 Å². The molecule has 9 rings (SSSR count). The lowest BCUT2D eigenvalue weighted by Gasteiger charge is -2.31. The van der Waals surface area contributed by atoms with Gasteiger partial charge in [0.15, 0.2) is 0 Å². The van der Waals surface area contributed by atoms with E-state index in [-0.39, 0.29) is 29.9 Å². The monoisotopic (exact) mass is 1190 g/mol. The van der Waals surface area contributed by atoms with Crippen LogP contribution in [0.5, 0.6) is 0 Å². The second-order valence-electron chi connectivity index (χ2n) is 25.5. The van der Waals surface area contributed by atoms with Crippen LogP contribution in [0.1, 0.15) is 227 Å². The molecule has 0 unspecified atom stereocenters. The molecule has 0 radical (unpaired) electrons. The molecule has 3 aromatic carbocycles. The van der Waals surface area contributed by atoms with E-state index in [4.69, 9.17) is 4.74 Å². The summed E-state index contributed by atoms with van der Waals surface area (Å²) in [5.74, 6) is -0.730. The van der Waals surface area contributed by atoms with Crippen LogP contribution in [0.15, 0.2) is 60.9 Å². The number of hydrogen-bond donors (Lipinski definition) is 5. The number of aromatic nitrogens is 6. The Labute approximate surface area is 519 Å². The summed E-state index contributed by atoms with van der Waals surface area (Å²) in [6, 6.07) is 15.9. The zero-order valence-electron chi connectivity index (χ0n) is 53.0. The van der Waals surface area contributed by atoms with Crippen LogP contribution in [0.2, 0.25) is 0 Å². The van der Waals surface area contributed by atoms with Crippen molar-refractivity contribution in [2.75, 3.05) is 90.4 Å². The Kier molecular flexibility index (Phi) is 27.8. The lowest BCUT2D eigenvalue weighted by molar-refractivity contribution is 0.0202. The molecule has 2 saturated heterocycles. The normalized spacial score (nSPS) is 19.3. The van der Waals surface area contributed by atoms with E-state index in [9.17, 15) is 14.4 Å². The second-order valence-corrected chi connectivity index (χ2v) is 25.5. The van der Waals surface area contributed by atoms with E-state index in [1.807, 2.05) is 64.2 Å². The third-order valence-corrected chi connectivity index (χ3v) is 18.2. The van der Waals surface area contributed by atoms with E-state index in [2.05, 4.69) is 70.0 Å². The SMILES string of the molecule is CCCCCCCCCCCCCCCCCCN1C(=O)c2cccc3c(NC4CCC(OC(=O)c5cc(Cn6cc(CN7CCCNCCCNCCC7)nn6)cc(Cn6cc(CN7CCCNCCCNCCC7)nn6)c5)CC4)ccc(c23)C1=O. The molecule has 5 heterocycles. The van der Waals surface area contributed by atoms with Gasteiger partial charge in [0.2, 0.25) is 0 Å². The number of rotatable bonds is 29. The predicted molar refractivity (Wildman–Crippen MR) is 348 cm³/mol. The number of hydrogen-bond acceptors (Lipinski definition) is 15. The summed E-state index contributed by atoms with van der Waals surface area (Å²) in [6.45, 7) is 17.3. The largest absolute Gasteiger partial charge is 0.459 e. The quantitative estimate of drug-likeness (QED) is 0.0172. The molecule has 18 heteroatoms. The van der Waals surface area contributed by atoms with Crippen molar-refractivity contribution in [2.24, 2.45) is 0 Å². The van der Waals surface area contributed by atoms with Gasteiger partial charge in [-0.1, -0.05) is 132 Å². The number of carbonyl (C=O) groups is 3. The number of nitrogens with one attached hydrogen (secondary N) is 5. The molecule has 5 N–H and O–H groups in total. The van der Waals surface area contributed by atoms with Gasteiger partial charge in [0.25, 0.3) is 11.8 Å². The summed E-state index contributed by atoms with van der Waals surface area (Å²) in [6.07, 6.45) is 34.1. The molecule has 1 aliphatic carbocycles. The first-order valence-electron chi connectivity index (χ1n) is 34.4. The highest BCUT2D eigenvalue weighted by molar-refractivity contribution is 6.26. The number of imide groups is 1. The van der Waals surface area contributed by atoms with Crippen LogP contribution in [0, 0.1) is 0 Å². The van der Waals surface area contributed by atoms with E-state index in [1.54, 1.807) is 0 Å². The molecule has 1 saturated carbocycles. The van der Waals surface area contributed by atoms with Gasteiger partial charge in [-0.2, -0.15) is 0 Å². The van der Waals surface area contributed by atoms with Crippen LogP contribution in [-0.2, 0) is 30.9 Å². The minimum atomic E-state index is -0.339. The highest BCUT2D eigenvalue weighted by Gasteiger charge is 2.34. The molecule has 5 aromatic rings. The van der Waals surface area contributed by atoms with Crippen molar-refractivity contribution in [1.82, 2.24) is 66.0 Å². The summed E-state index contributed by atoms with van der Waals surface area (Å²) >= 11 is 0. The van der Waals surface area contributed by atoms with E-state index in [0.29, 0.717) is 49.2 Å². The van der Waals surface area contributed by atoms with Crippen molar-refractivity contribution in [3.63, 3.8) is 0 Å². The number of amides is 2. The molecular formula is C69H106N14O4. The van der Waals surface area contributed by atoms with Crippen molar-refractivity contribution in [3.05, 3.63) is 100 Å². The smallest absolute Gasteiger partial charge is 0.338 e. The fourth-order valence-electron chi connectivity index (χ4n) is 13.4. The van der Waals surface area contributed by atoms with Crippen molar-refractivity contribution in [1.29, 1.82) is 0 Å². The van der Waals surface area contributed by atoms with E-state index >= 15 is 0 Å². The molecule has 18 nitrogen and oxygen atoms in total. The van der Waals surface area contributed by atoms with Crippen molar-refractivity contribution in [3.8, 4) is 0 Å². The van der Waals surface area contributed by atoms with Crippen LogP contribution >= 0.6 is 0 Å². The molecule has 0 spiro atoms. The Morgan fingerprint density at radius 2 is 1.00 bits per heavy atom. The van der Waals surface area contributed by atoms with Crippen molar-refractivity contribution < 1.29 is 19.1 Å². The molecule has 2 aromatic heterocycles. The van der Waals surface area contributed by atoms with Crippen molar-refractivity contribution in [2.45, 2.75) is 212 Å². The zero-order valence-corrected chi connectivity index (χ0v) is 53.0. The van der Waals surface area contributed by atoms with Crippen LogP contribution in [-0.4, -0.2) is 160 Å². The van der Waals surface area contributed by atoms with Gasteiger partial charge in [0, 0.05) is 53.3 Å². The second kappa shape index (κ2) is 36.8. The summed E-state index contributed by atoms with van der Waals surface area (Å²) in [5.41, 5.74) is 6.34. The van der Waals surface area contributed by atoms with Crippen molar-refractivity contribution >= 4 is 34.2 Å². The summed E-state index contributed by atoms with van der Waals surface area (Å²) in [7, 11) is 0. The molecular weight excluding hydrogens is 1090 g/mol. The van der Waals surface area contributed by atoms with Gasteiger partial charge < -0.3 is 31.3 Å². The number of esters is 1. The Morgan fingerprint density at radius 1 is 0.540 bits per heavy atom. The number of ether oxygens (including phenoxy) is 1. The minimum absolute atomic E-state index is 0.135. The minimum Gasteiger partial charge on any atom is -0.459 e. The third kappa shape index (κ3) is 21.5. The Morgan fingerprint density at radius 3 is 1.49 bits per heavy atom. The van der Waals surface area contributed by atoms with Gasteiger partial charge in [0.1, 0.15) is 6.10 Å². The summed E-state index contributed by atoms with van der Waals surface area (Å²) in [4.78, 5) is 48.7. The van der Waals surface area contributed by atoms with E-state index in [0.717, 1.165) is 201 Å². The van der Waals surface area contributed by atoms with Crippen LogP contribution in [0.3, 0.4) is 0 Å². The molecule has 2 amide bonds. The number of benzene rings is 3. The highest BCUT2D eigenvalue weighted by Crippen LogP contribution is 2.36. The van der Waals surface area contributed by atoms with Crippen LogP contribution in [0.4, 0.5) is 5.69 Å². The zero-order chi connectivity index (χ0) is 60.1. The molecule has 476 valence electrons. The highest BCUT2D eigenvalue weighted by atomic mass is 16.5. The topological polar surface area (TPSA) is 192 Å². The fourth-order valence-corrected chi connectivity index (χ4v) is 13.4. The maximum Gasteiger partial charge on any atom is 0.338 e. The maximum absolute atomic E-state index is 14.3. The Bertz CT molecular complexity index is 2710. The van der Waals surface area contributed by atoms with Gasteiger partial charge in [-0.05, 0) is 191 Å². The predicted octanol–water partition coefficient (Wildman–Crippen LogP) is 10.9. The molecule has 0 atom stereocenters. The van der Waals surface area contributed by atoms with E-state index < -0.39 is 0 Å². The lowest BCUT2D eigenvalue weighted by atomic mass is 9.90. The lowest BCUT2D eigenvalue weighted by Crippen LogP contribution is -2.41. The van der Waals surface area contributed by atoms with Gasteiger partial charge in [-0.15, -0.1) is 10.2 Å². The standard InChI is InChI=1S/C69H106N14O4/c1-2-3-4-5-6-7-8-9-10-11-12-13-14-15-16-17-45-83-67(84)63-26-18-25-62-65(32-31-64(66(62)63)68(83)85)74-58-27-29-61(30-28-58)87-69(86)57-47-55(49-81-53-59(75-77-81)51-79-41-21-37-70-33-19-34-71-38-22-42-79)46-56(48-57)50-82-54-60(76-78-82)52-80-43-23-39-72-35-20-36-73-40-24-44-80/h18,25-26,31-32,46-48,53-54,58,61,70-74H,2-17,19-24,27-30,33-45,49-52H2,1H3. The number of carbonyl (C=O) groups excluding carboxylic acids is 3. The van der Waals surface area contributed by atoms with Gasteiger partial charge in [-0.25, -0.2) is 14.2 Å². The average Bonchev–Trinajstić information content (AvgIpc) is 1.78. The first-order valence-corrected chi connectivity index (χ1v) is 34.4. The van der Waals surface area contributed by atoms with Gasteiger partial charge in [-0.3, -0.25) is 24.3 Å². The Hall–Kier alpha value is -5.63. The molecule has 87 heavy (non-hydrogen) atoms. The molecule has 3 fully saturated rings. The maximum atomic E-state index is 14.3. The van der Waals surface area contributed by atoms with Crippen LogP contribution < -0.4 is 26.6 Å². The first kappa shape index (κ1) is 65.8. The average molecular weight is 1200 g/mol. The first-order chi connectivity index (χ1) is 42.9. The van der Waals surface area contributed by atoms with E-state index in [1.165, 1.54) is 88.4 Å². The summed E-state index contributed by atoms with van der Waals surface area (Å²) in [5, 5.41) is 38.1. The van der Waals surface area contributed by atoms with Gasteiger partial charge >= 0.3 is 5.97 Å². The molecule has 4 aliphatic rings.